The predicted molar refractivity (Wildman–Crippen MR) is 67.9 cm³/mol. The van der Waals surface area contributed by atoms with Crippen molar-refractivity contribution in [3.63, 3.8) is 0 Å². The van der Waals surface area contributed by atoms with Crippen LogP contribution in [0.25, 0.3) is 0 Å². The lowest BCUT2D eigenvalue weighted by Crippen LogP contribution is -2.45. The number of hydrogen-bond acceptors (Lipinski definition) is 4. The third kappa shape index (κ3) is 3.93. The predicted octanol–water partition coefficient (Wildman–Crippen LogP) is 1.11. The number of hydrogen-bond donors (Lipinski definition) is 1. The molecule has 0 spiro atoms. The van der Waals surface area contributed by atoms with Gasteiger partial charge in [0.15, 0.2) is 0 Å². The largest absolute Gasteiger partial charge is 0.381 e. The van der Waals surface area contributed by atoms with Gasteiger partial charge in [-0.2, -0.15) is 0 Å². The van der Waals surface area contributed by atoms with E-state index in [0.717, 1.165) is 25.7 Å². The molecule has 0 amide bonds. The lowest BCUT2D eigenvalue weighted by Gasteiger charge is -2.33. The Balaban J connectivity index is 1.77. The molecule has 5 heteroatoms. The molecule has 2 fully saturated rings. The third-order valence-corrected chi connectivity index (χ3v) is 5.70. The summed E-state index contributed by atoms with van der Waals surface area (Å²) in [5, 5.41) is 3.62. The van der Waals surface area contributed by atoms with Crippen molar-refractivity contribution >= 4 is 9.84 Å². The first-order chi connectivity index (χ1) is 8.09. The van der Waals surface area contributed by atoms with Gasteiger partial charge >= 0.3 is 0 Å². The van der Waals surface area contributed by atoms with E-state index in [-0.39, 0.29) is 0 Å². The van der Waals surface area contributed by atoms with Gasteiger partial charge in [0.2, 0.25) is 0 Å². The summed E-state index contributed by atoms with van der Waals surface area (Å²) < 4.78 is 28.1. The van der Waals surface area contributed by atoms with Gasteiger partial charge in [-0.25, -0.2) is 8.42 Å². The van der Waals surface area contributed by atoms with E-state index >= 15 is 0 Å². The highest BCUT2D eigenvalue weighted by molar-refractivity contribution is 7.91. The lowest BCUT2D eigenvalue weighted by atomic mass is 9.92. The molecule has 1 aliphatic carbocycles. The van der Waals surface area contributed by atoms with Gasteiger partial charge in [0.25, 0.3) is 0 Å². The maximum atomic E-state index is 11.3. The summed E-state index contributed by atoms with van der Waals surface area (Å²) in [5.74, 6) is 0.705. The summed E-state index contributed by atoms with van der Waals surface area (Å²) in [6, 6.07) is 0.902. The Bertz CT molecular complexity index is 328. The van der Waals surface area contributed by atoms with Gasteiger partial charge in [0, 0.05) is 19.2 Å². The Labute approximate surface area is 104 Å². The van der Waals surface area contributed by atoms with Gasteiger partial charge in [-0.3, -0.25) is 0 Å². The zero-order chi connectivity index (χ0) is 12.3. The van der Waals surface area contributed by atoms with Gasteiger partial charge in [-0.15, -0.1) is 0 Å². The molecule has 1 aliphatic heterocycles. The number of nitrogens with one attached hydrogen (secondary N) is 1. The Morgan fingerprint density at radius 3 is 2.41 bits per heavy atom. The van der Waals surface area contributed by atoms with Crippen LogP contribution in [-0.2, 0) is 14.6 Å². The highest BCUT2D eigenvalue weighted by Gasteiger charge is 2.27. The molecule has 0 radical (unpaired) electrons. The minimum atomic E-state index is -2.74. The average Bonchev–Trinajstić information content (AvgIpc) is 2.32. The zero-order valence-corrected chi connectivity index (χ0v) is 11.3. The molecule has 0 aromatic carbocycles. The van der Waals surface area contributed by atoms with Gasteiger partial charge in [0.1, 0.15) is 9.84 Å². The molecule has 4 nitrogen and oxygen atoms in total. The minimum Gasteiger partial charge on any atom is -0.381 e. The van der Waals surface area contributed by atoms with Crippen LogP contribution in [0.1, 0.15) is 38.5 Å². The summed E-state index contributed by atoms with van der Waals surface area (Å²) in [6.45, 7) is 0. The van der Waals surface area contributed by atoms with Crippen molar-refractivity contribution < 1.29 is 13.2 Å². The zero-order valence-electron chi connectivity index (χ0n) is 10.5. The van der Waals surface area contributed by atoms with Crippen molar-refractivity contribution in [2.45, 2.75) is 56.7 Å². The molecule has 1 heterocycles. The topological polar surface area (TPSA) is 55.4 Å². The average molecular weight is 261 g/mol. The second-order valence-corrected chi connectivity index (χ2v) is 7.62. The normalized spacial score (nSPS) is 34.6. The van der Waals surface area contributed by atoms with Crippen molar-refractivity contribution in [1.82, 2.24) is 5.32 Å². The summed E-state index contributed by atoms with van der Waals surface area (Å²) in [6.07, 6.45) is 6.57. The number of rotatable bonds is 3. The molecule has 2 atom stereocenters. The first kappa shape index (κ1) is 13.3. The minimum absolute atomic E-state index is 0.352. The quantitative estimate of drug-likeness (QED) is 0.827. The van der Waals surface area contributed by atoms with Gasteiger partial charge < -0.3 is 10.1 Å². The SMILES string of the molecule is COC1CCCC(NC2CCS(=O)(=O)CC2)C1. The Morgan fingerprint density at radius 1 is 1.06 bits per heavy atom. The first-order valence-corrected chi connectivity index (χ1v) is 8.40. The van der Waals surface area contributed by atoms with Gasteiger partial charge in [-0.1, -0.05) is 0 Å². The molecule has 1 N–H and O–H groups in total. The molecule has 17 heavy (non-hydrogen) atoms. The van der Waals surface area contributed by atoms with E-state index in [1.54, 1.807) is 7.11 Å². The molecular weight excluding hydrogens is 238 g/mol. The van der Waals surface area contributed by atoms with E-state index < -0.39 is 9.84 Å². The van der Waals surface area contributed by atoms with Crippen LogP contribution in [0.2, 0.25) is 0 Å². The molecule has 0 aromatic rings. The van der Waals surface area contributed by atoms with E-state index in [4.69, 9.17) is 4.74 Å². The van der Waals surface area contributed by atoms with E-state index in [0.29, 0.717) is 29.7 Å². The van der Waals surface area contributed by atoms with Crippen LogP contribution in [0.15, 0.2) is 0 Å². The van der Waals surface area contributed by atoms with Crippen LogP contribution in [0.3, 0.4) is 0 Å². The maximum absolute atomic E-state index is 11.3. The Kier molecular flexibility index (Phi) is 4.44. The monoisotopic (exact) mass is 261 g/mol. The molecule has 2 unspecified atom stereocenters. The molecule has 2 aliphatic rings. The molecular formula is C12H23NO3S. The lowest BCUT2D eigenvalue weighted by molar-refractivity contribution is 0.0566. The summed E-state index contributed by atoms with van der Waals surface area (Å²) in [4.78, 5) is 0. The molecule has 100 valence electrons. The fraction of sp³-hybridized carbons (Fsp3) is 1.00. The molecule has 1 saturated heterocycles. The van der Waals surface area contributed by atoms with Crippen LogP contribution in [-0.4, -0.2) is 45.2 Å². The van der Waals surface area contributed by atoms with Crippen LogP contribution in [0.4, 0.5) is 0 Å². The van der Waals surface area contributed by atoms with Crippen LogP contribution in [0.5, 0.6) is 0 Å². The van der Waals surface area contributed by atoms with Crippen molar-refractivity contribution in [3.8, 4) is 0 Å². The van der Waals surface area contributed by atoms with Gasteiger partial charge in [-0.05, 0) is 38.5 Å². The van der Waals surface area contributed by atoms with E-state index in [9.17, 15) is 8.42 Å². The summed E-state index contributed by atoms with van der Waals surface area (Å²) in [7, 11) is -0.959. The Hall–Kier alpha value is -0.130. The van der Waals surface area contributed by atoms with E-state index in [1.165, 1.54) is 12.8 Å². The van der Waals surface area contributed by atoms with Crippen LogP contribution in [0, 0.1) is 0 Å². The molecule has 2 rings (SSSR count). The fourth-order valence-corrected chi connectivity index (χ4v) is 4.39. The maximum Gasteiger partial charge on any atom is 0.150 e. The summed E-state index contributed by atoms with van der Waals surface area (Å²) in [5.41, 5.74) is 0. The molecule has 0 bridgehead atoms. The third-order valence-electron chi connectivity index (χ3n) is 3.99. The molecule has 0 aromatic heterocycles. The standard InChI is InChI=1S/C12H23NO3S/c1-16-12-4-2-3-11(9-12)13-10-5-7-17(14,15)8-6-10/h10-13H,2-9H2,1H3. The summed E-state index contributed by atoms with van der Waals surface area (Å²) >= 11 is 0. The number of methoxy groups -OCH3 is 1. The van der Waals surface area contributed by atoms with E-state index in [2.05, 4.69) is 5.32 Å². The smallest absolute Gasteiger partial charge is 0.150 e. The number of ether oxygens (including phenoxy) is 1. The van der Waals surface area contributed by atoms with Crippen molar-refractivity contribution in [1.29, 1.82) is 0 Å². The van der Waals surface area contributed by atoms with Crippen LogP contribution < -0.4 is 5.32 Å². The van der Waals surface area contributed by atoms with Crippen LogP contribution >= 0.6 is 0 Å². The van der Waals surface area contributed by atoms with Crippen molar-refractivity contribution in [3.05, 3.63) is 0 Å². The van der Waals surface area contributed by atoms with Gasteiger partial charge in [0.05, 0.1) is 17.6 Å². The van der Waals surface area contributed by atoms with Crippen molar-refractivity contribution in [2.24, 2.45) is 0 Å². The number of sulfone groups is 1. The highest BCUT2D eigenvalue weighted by Crippen LogP contribution is 2.22. The second kappa shape index (κ2) is 5.67. The first-order valence-electron chi connectivity index (χ1n) is 6.58. The molecule has 1 saturated carbocycles. The Morgan fingerprint density at radius 2 is 1.76 bits per heavy atom. The van der Waals surface area contributed by atoms with E-state index in [1.807, 2.05) is 0 Å². The van der Waals surface area contributed by atoms with Crippen molar-refractivity contribution in [2.75, 3.05) is 18.6 Å². The fourth-order valence-electron chi connectivity index (χ4n) is 2.90. The highest BCUT2D eigenvalue weighted by atomic mass is 32.2. The second-order valence-electron chi connectivity index (χ2n) is 5.31.